The maximum atomic E-state index is 12.6. The molecule has 1 N–H and O–H groups in total. The number of benzene rings is 2. The Morgan fingerprint density at radius 3 is 2.45 bits per heavy atom. The van der Waals surface area contributed by atoms with E-state index in [1.54, 1.807) is 0 Å². The fourth-order valence-electron chi connectivity index (χ4n) is 3.90. The van der Waals surface area contributed by atoms with Crippen molar-refractivity contribution in [3.8, 4) is 5.69 Å². The summed E-state index contributed by atoms with van der Waals surface area (Å²) in [4.78, 5) is 15.0. The number of rotatable bonds is 7. The molecule has 162 valence electrons. The Balaban J connectivity index is 1.26. The van der Waals surface area contributed by atoms with Gasteiger partial charge in [0, 0.05) is 31.4 Å². The minimum Gasteiger partial charge on any atom is -0.353 e. The van der Waals surface area contributed by atoms with Crippen LogP contribution in [0, 0.1) is 13.8 Å². The van der Waals surface area contributed by atoms with Crippen LogP contribution in [-0.4, -0.2) is 50.5 Å². The Labute approximate surface area is 188 Å². The topological polar surface area (TPSA) is 63.1 Å². The number of nitrogens with zero attached hydrogens (tertiary/aromatic N) is 4. The van der Waals surface area contributed by atoms with Gasteiger partial charge in [-0.1, -0.05) is 59.8 Å². The summed E-state index contributed by atoms with van der Waals surface area (Å²) in [7, 11) is 0. The van der Waals surface area contributed by atoms with Crippen LogP contribution in [-0.2, 0) is 11.3 Å². The zero-order valence-corrected chi connectivity index (χ0v) is 18.9. The summed E-state index contributed by atoms with van der Waals surface area (Å²) in [5, 5.41) is 12.4. The summed E-state index contributed by atoms with van der Waals surface area (Å²) in [6.45, 7) is 6.99. The minimum atomic E-state index is 0.0580. The van der Waals surface area contributed by atoms with Gasteiger partial charge in [0.15, 0.2) is 5.16 Å². The van der Waals surface area contributed by atoms with Crippen molar-refractivity contribution in [3.05, 3.63) is 71.5 Å². The number of hydrogen-bond acceptors (Lipinski definition) is 5. The molecular formula is C24H29N5OS. The van der Waals surface area contributed by atoms with Crippen LogP contribution in [0.5, 0.6) is 0 Å². The summed E-state index contributed by atoms with van der Waals surface area (Å²) in [5.41, 5.74) is 3.56. The van der Waals surface area contributed by atoms with Crippen LogP contribution in [0.25, 0.3) is 5.69 Å². The first-order chi connectivity index (χ1) is 15.1. The van der Waals surface area contributed by atoms with Crippen molar-refractivity contribution >= 4 is 17.7 Å². The molecule has 0 radical (unpaired) electrons. The quantitative estimate of drug-likeness (QED) is 0.573. The molecule has 2 aromatic carbocycles. The summed E-state index contributed by atoms with van der Waals surface area (Å²) in [5.74, 6) is 1.22. The highest BCUT2D eigenvalue weighted by molar-refractivity contribution is 7.99. The van der Waals surface area contributed by atoms with Crippen LogP contribution in [0.2, 0.25) is 0 Å². The fraction of sp³-hybridized carbons (Fsp3) is 0.375. The fourth-order valence-corrected chi connectivity index (χ4v) is 4.71. The largest absolute Gasteiger partial charge is 0.353 e. The Morgan fingerprint density at radius 2 is 1.74 bits per heavy atom. The lowest BCUT2D eigenvalue weighted by atomic mass is 10.0. The Hall–Kier alpha value is -2.64. The monoisotopic (exact) mass is 435 g/mol. The van der Waals surface area contributed by atoms with Crippen LogP contribution in [0.3, 0.4) is 0 Å². The van der Waals surface area contributed by atoms with Crippen molar-refractivity contribution in [1.29, 1.82) is 0 Å². The molecule has 1 aliphatic heterocycles. The van der Waals surface area contributed by atoms with Crippen molar-refractivity contribution in [2.75, 3.05) is 18.8 Å². The van der Waals surface area contributed by atoms with Crippen molar-refractivity contribution in [2.24, 2.45) is 0 Å². The predicted molar refractivity (Wildman–Crippen MR) is 124 cm³/mol. The molecule has 4 rings (SSSR count). The average Bonchev–Trinajstić information content (AvgIpc) is 3.15. The Bertz CT molecular complexity index is 995. The molecule has 3 aromatic rings. The number of thioether (sulfide) groups is 1. The molecule has 31 heavy (non-hydrogen) atoms. The standard InChI is InChI=1S/C24H29N5OS/c1-18-8-10-22(11-9-18)29-19(2)26-27-24(29)31-17-23(30)25-21-12-14-28(15-13-21)16-20-6-4-3-5-7-20/h3-11,21H,12-17H2,1-2H3,(H,25,30). The lowest BCUT2D eigenvalue weighted by Crippen LogP contribution is -2.44. The van der Waals surface area contributed by atoms with Gasteiger partial charge < -0.3 is 5.32 Å². The lowest BCUT2D eigenvalue weighted by molar-refractivity contribution is -0.119. The highest BCUT2D eigenvalue weighted by Crippen LogP contribution is 2.22. The van der Waals surface area contributed by atoms with E-state index in [-0.39, 0.29) is 11.9 Å². The van der Waals surface area contributed by atoms with Gasteiger partial charge in [-0.2, -0.15) is 0 Å². The predicted octanol–water partition coefficient (Wildman–Crippen LogP) is 3.76. The number of piperidine rings is 1. The molecule has 2 heterocycles. The number of carbonyl (C=O) groups excluding carboxylic acids is 1. The molecule has 1 aromatic heterocycles. The molecule has 1 amide bonds. The molecule has 0 aliphatic carbocycles. The first kappa shape index (κ1) is 21.6. The summed E-state index contributed by atoms with van der Waals surface area (Å²) >= 11 is 1.43. The maximum absolute atomic E-state index is 12.6. The molecule has 0 unspecified atom stereocenters. The van der Waals surface area contributed by atoms with Crippen molar-refractivity contribution in [2.45, 2.75) is 44.4 Å². The third kappa shape index (κ3) is 5.74. The molecule has 0 saturated carbocycles. The van der Waals surface area contributed by atoms with E-state index in [1.165, 1.54) is 22.9 Å². The summed E-state index contributed by atoms with van der Waals surface area (Å²) < 4.78 is 2.00. The van der Waals surface area contributed by atoms with E-state index >= 15 is 0 Å². The van der Waals surface area contributed by atoms with E-state index in [0.717, 1.165) is 49.1 Å². The summed E-state index contributed by atoms with van der Waals surface area (Å²) in [6.07, 6.45) is 1.98. The van der Waals surface area contributed by atoms with Crippen LogP contribution >= 0.6 is 11.8 Å². The number of carbonyl (C=O) groups is 1. The van der Waals surface area contributed by atoms with Crippen molar-refractivity contribution in [3.63, 3.8) is 0 Å². The lowest BCUT2D eigenvalue weighted by Gasteiger charge is -2.32. The van der Waals surface area contributed by atoms with Gasteiger partial charge in [0.05, 0.1) is 5.75 Å². The molecule has 0 spiro atoms. The number of aromatic nitrogens is 3. The highest BCUT2D eigenvalue weighted by Gasteiger charge is 2.21. The van der Waals surface area contributed by atoms with Gasteiger partial charge in [-0.3, -0.25) is 14.3 Å². The maximum Gasteiger partial charge on any atom is 0.230 e. The van der Waals surface area contributed by atoms with Crippen LogP contribution in [0.4, 0.5) is 0 Å². The third-order valence-corrected chi connectivity index (χ3v) is 6.55. The Morgan fingerprint density at radius 1 is 1.03 bits per heavy atom. The number of likely N-dealkylation sites (tertiary alicyclic amines) is 1. The van der Waals surface area contributed by atoms with Crippen LogP contribution < -0.4 is 5.32 Å². The smallest absolute Gasteiger partial charge is 0.230 e. The van der Waals surface area contributed by atoms with Gasteiger partial charge in [-0.25, -0.2) is 0 Å². The third-order valence-electron chi connectivity index (χ3n) is 5.62. The van der Waals surface area contributed by atoms with Gasteiger partial charge >= 0.3 is 0 Å². The van der Waals surface area contributed by atoms with Gasteiger partial charge in [-0.15, -0.1) is 10.2 Å². The van der Waals surface area contributed by atoms with Crippen LogP contribution in [0.1, 0.15) is 29.8 Å². The van der Waals surface area contributed by atoms with Crippen molar-refractivity contribution < 1.29 is 4.79 Å². The van der Waals surface area contributed by atoms with E-state index in [2.05, 4.69) is 75.9 Å². The van der Waals surface area contributed by atoms with Crippen molar-refractivity contribution in [1.82, 2.24) is 25.0 Å². The minimum absolute atomic E-state index is 0.0580. The van der Waals surface area contributed by atoms with E-state index in [1.807, 2.05) is 17.6 Å². The van der Waals surface area contributed by atoms with Gasteiger partial charge in [0.1, 0.15) is 5.82 Å². The zero-order chi connectivity index (χ0) is 21.6. The van der Waals surface area contributed by atoms with E-state index in [4.69, 9.17) is 0 Å². The first-order valence-corrected chi connectivity index (χ1v) is 11.7. The normalized spacial score (nSPS) is 15.2. The zero-order valence-electron chi connectivity index (χ0n) is 18.1. The van der Waals surface area contributed by atoms with Gasteiger partial charge in [-0.05, 0) is 44.4 Å². The molecule has 1 fully saturated rings. The summed E-state index contributed by atoms with van der Waals surface area (Å²) in [6, 6.07) is 19.1. The SMILES string of the molecule is Cc1ccc(-n2c(C)nnc2SCC(=O)NC2CCN(Cc3ccccc3)CC2)cc1. The second-order valence-electron chi connectivity index (χ2n) is 8.09. The molecule has 1 saturated heterocycles. The molecule has 7 heteroatoms. The van der Waals surface area contributed by atoms with Gasteiger partial charge in [0.2, 0.25) is 5.91 Å². The Kier molecular flexibility index (Phi) is 7.04. The van der Waals surface area contributed by atoms with E-state index in [9.17, 15) is 4.79 Å². The molecular weight excluding hydrogens is 406 g/mol. The number of amides is 1. The second kappa shape index (κ2) is 10.1. The first-order valence-electron chi connectivity index (χ1n) is 10.8. The molecule has 1 aliphatic rings. The number of nitrogens with one attached hydrogen (secondary N) is 1. The second-order valence-corrected chi connectivity index (χ2v) is 9.04. The highest BCUT2D eigenvalue weighted by atomic mass is 32.2. The number of hydrogen-bond donors (Lipinski definition) is 1. The molecule has 6 nitrogen and oxygen atoms in total. The van der Waals surface area contributed by atoms with Gasteiger partial charge in [0.25, 0.3) is 0 Å². The van der Waals surface area contributed by atoms with E-state index < -0.39 is 0 Å². The molecule has 0 bridgehead atoms. The number of aryl methyl sites for hydroxylation is 2. The van der Waals surface area contributed by atoms with Crippen LogP contribution in [0.15, 0.2) is 59.8 Å². The average molecular weight is 436 g/mol. The van der Waals surface area contributed by atoms with E-state index in [0.29, 0.717) is 5.75 Å². The molecule has 0 atom stereocenters.